The molecule has 2 aliphatic heterocycles. The molecule has 1 aromatic carbocycles. The molecule has 2 atom stereocenters. The lowest BCUT2D eigenvalue weighted by Gasteiger charge is -2.29. The number of nitrogens with zero attached hydrogens (tertiary/aromatic N) is 5. The number of benzene rings is 1. The van der Waals surface area contributed by atoms with Crippen LogP contribution in [0, 0.1) is 17.2 Å². The van der Waals surface area contributed by atoms with Crippen molar-refractivity contribution in [2.45, 2.75) is 19.4 Å². The highest BCUT2D eigenvalue weighted by atomic mass is 16.5. The van der Waals surface area contributed by atoms with E-state index in [1.54, 1.807) is 4.52 Å². The zero-order valence-electron chi connectivity index (χ0n) is 17.9. The van der Waals surface area contributed by atoms with E-state index in [2.05, 4.69) is 38.8 Å². The monoisotopic (exact) mass is 431 g/mol. The average molecular weight is 432 g/mol. The Morgan fingerprint density at radius 1 is 1.25 bits per heavy atom. The molecule has 164 valence electrons. The van der Waals surface area contributed by atoms with Crippen molar-refractivity contribution in [3.63, 3.8) is 0 Å². The third kappa shape index (κ3) is 3.85. The van der Waals surface area contributed by atoms with Crippen molar-refractivity contribution < 1.29 is 9.53 Å². The zero-order chi connectivity index (χ0) is 22.1. The lowest BCUT2D eigenvalue weighted by molar-refractivity contribution is -0.119. The number of nitriles is 1. The summed E-state index contributed by atoms with van der Waals surface area (Å²) in [6.45, 7) is 6.46. The number of anilines is 1. The molecule has 0 unspecified atom stereocenters. The maximum Gasteiger partial charge on any atom is 0.242 e. The van der Waals surface area contributed by atoms with Crippen molar-refractivity contribution in [3.05, 3.63) is 42.2 Å². The molecule has 2 aliphatic rings. The van der Waals surface area contributed by atoms with Crippen LogP contribution >= 0.6 is 0 Å². The second-order valence-corrected chi connectivity index (χ2v) is 8.27. The van der Waals surface area contributed by atoms with E-state index >= 15 is 0 Å². The summed E-state index contributed by atoms with van der Waals surface area (Å²) in [5, 5.41) is 20.1. The highest BCUT2D eigenvalue weighted by molar-refractivity contribution is 5.78. The molecule has 0 spiro atoms. The van der Waals surface area contributed by atoms with Crippen LogP contribution in [0.3, 0.4) is 0 Å². The summed E-state index contributed by atoms with van der Waals surface area (Å²) in [5.74, 6) is 0.443. The Bertz CT molecular complexity index is 1180. The van der Waals surface area contributed by atoms with E-state index in [1.165, 1.54) is 11.9 Å². The van der Waals surface area contributed by atoms with Crippen LogP contribution in [0.25, 0.3) is 16.8 Å². The molecule has 9 heteroatoms. The molecule has 32 heavy (non-hydrogen) atoms. The molecule has 0 bridgehead atoms. The maximum absolute atomic E-state index is 11.6. The number of ether oxygens (including phenoxy) is 1. The molecule has 0 aliphatic carbocycles. The molecule has 2 N–H and O–H groups in total. The van der Waals surface area contributed by atoms with Crippen LogP contribution in [-0.2, 0) is 4.79 Å². The van der Waals surface area contributed by atoms with Crippen LogP contribution < -0.4 is 20.3 Å². The largest absolute Gasteiger partial charge is 0.473 e. The summed E-state index contributed by atoms with van der Waals surface area (Å²) < 4.78 is 7.86. The van der Waals surface area contributed by atoms with Gasteiger partial charge in [0.25, 0.3) is 0 Å². The molecular formula is C23H25N7O2. The first kappa shape index (κ1) is 20.3. The van der Waals surface area contributed by atoms with Gasteiger partial charge in [-0.05, 0) is 19.1 Å². The first-order chi connectivity index (χ1) is 15.6. The number of hydrogen-bond donors (Lipinski definition) is 2. The number of amides is 1. The number of piperazine rings is 1. The normalized spacial score (nSPS) is 19.6. The molecule has 1 amide bonds. The Morgan fingerprint density at radius 2 is 2.03 bits per heavy atom. The standard InChI is InChI=1S/C23H25N7O2/c1-15(17-10-21(31)26-12-17)32-23-22-18(11-24)13-27-30(22)14-20(28-23)16-2-4-19(5-3-16)29-8-6-25-7-9-29/h2-5,13-15,17,25H,6-10,12H2,1H3,(H,26,31)/t15-,17-/m1/s1. The van der Waals surface area contributed by atoms with Gasteiger partial charge in [-0.25, -0.2) is 9.50 Å². The number of fused-ring (bicyclic) bond motifs is 1. The summed E-state index contributed by atoms with van der Waals surface area (Å²) in [6, 6.07) is 10.5. The summed E-state index contributed by atoms with van der Waals surface area (Å²) in [7, 11) is 0. The van der Waals surface area contributed by atoms with Crippen molar-refractivity contribution in [2.24, 2.45) is 5.92 Å². The van der Waals surface area contributed by atoms with E-state index in [-0.39, 0.29) is 17.9 Å². The Labute approximate surface area is 186 Å². The molecular weight excluding hydrogens is 406 g/mol. The molecule has 9 nitrogen and oxygen atoms in total. The van der Waals surface area contributed by atoms with E-state index in [0.717, 1.165) is 31.7 Å². The molecule has 4 heterocycles. The lowest BCUT2D eigenvalue weighted by atomic mass is 10.0. The second-order valence-electron chi connectivity index (χ2n) is 8.27. The molecule has 0 radical (unpaired) electrons. The second kappa shape index (κ2) is 8.48. The fraction of sp³-hybridized carbons (Fsp3) is 0.391. The van der Waals surface area contributed by atoms with E-state index in [1.807, 2.05) is 25.3 Å². The first-order valence-corrected chi connectivity index (χ1v) is 10.9. The van der Waals surface area contributed by atoms with Gasteiger partial charge in [0.05, 0.1) is 18.1 Å². The van der Waals surface area contributed by atoms with Crippen molar-refractivity contribution in [1.29, 1.82) is 5.26 Å². The summed E-state index contributed by atoms with van der Waals surface area (Å²) in [5.41, 5.74) is 3.78. The van der Waals surface area contributed by atoms with E-state index < -0.39 is 0 Å². The molecule has 0 saturated carbocycles. The fourth-order valence-electron chi connectivity index (χ4n) is 4.28. The van der Waals surface area contributed by atoms with Crippen LogP contribution in [0.15, 0.2) is 36.7 Å². The van der Waals surface area contributed by atoms with Gasteiger partial charge >= 0.3 is 0 Å². The number of hydrogen-bond acceptors (Lipinski definition) is 7. The van der Waals surface area contributed by atoms with Gasteiger partial charge in [-0.1, -0.05) is 12.1 Å². The zero-order valence-corrected chi connectivity index (χ0v) is 17.9. The van der Waals surface area contributed by atoms with Gasteiger partial charge in [0, 0.05) is 56.3 Å². The quantitative estimate of drug-likeness (QED) is 0.632. The van der Waals surface area contributed by atoms with Gasteiger partial charge in [-0.2, -0.15) is 10.4 Å². The SMILES string of the molecule is C[C@@H](Oc1nc(-c2ccc(N3CCNCC3)cc2)cn2ncc(C#N)c12)[C@H]1CNC(=O)C1. The van der Waals surface area contributed by atoms with Crippen LogP contribution in [0.5, 0.6) is 5.88 Å². The van der Waals surface area contributed by atoms with E-state index in [9.17, 15) is 10.1 Å². The van der Waals surface area contributed by atoms with Crippen molar-refractivity contribution in [2.75, 3.05) is 37.6 Å². The van der Waals surface area contributed by atoms with E-state index in [4.69, 9.17) is 9.72 Å². The predicted molar refractivity (Wildman–Crippen MR) is 119 cm³/mol. The maximum atomic E-state index is 11.6. The average Bonchev–Trinajstić information content (AvgIpc) is 3.46. The third-order valence-corrected chi connectivity index (χ3v) is 6.20. The molecule has 2 fully saturated rings. The van der Waals surface area contributed by atoms with Crippen molar-refractivity contribution in [1.82, 2.24) is 25.2 Å². The van der Waals surface area contributed by atoms with Gasteiger partial charge in [0.15, 0.2) is 0 Å². The minimum atomic E-state index is -0.239. The Balaban J connectivity index is 1.47. The highest BCUT2D eigenvalue weighted by Crippen LogP contribution is 2.30. The third-order valence-electron chi connectivity index (χ3n) is 6.20. The Morgan fingerprint density at radius 3 is 2.72 bits per heavy atom. The summed E-state index contributed by atoms with van der Waals surface area (Å²) in [4.78, 5) is 18.7. The van der Waals surface area contributed by atoms with Crippen LogP contribution in [0.1, 0.15) is 18.9 Å². The van der Waals surface area contributed by atoms with Gasteiger partial charge in [0.2, 0.25) is 11.8 Å². The number of nitrogens with one attached hydrogen (secondary N) is 2. The minimum absolute atomic E-state index is 0.0314. The number of aromatic nitrogens is 3. The lowest BCUT2D eigenvalue weighted by Crippen LogP contribution is -2.43. The molecule has 2 saturated heterocycles. The highest BCUT2D eigenvalue weighted by Gasteiger charge is 2.29. The Kier molecular flexibility index (Phi) is 5.37. The first-order valence-electron chi connectivity index (χ1n) is 10.9. The van der Waals surface area contributed by atoms with Gasteiger partial charge in [-0.15, -0.1) is 0 Å². The van der Waals surface area contributed by atoms with Gasteiger partial charge in [-0.3, -0.25) is 4.79 Å². The van der Waals surface area contributed by atoms with Crippen LogP contribution in [0.4, 0.5) is 5.69 Å². The van der Waals surface area contributed by atoms with Gasteiger partial charge < -0.3 is 20.3 Å². The number of carbonyl (C=O) groups excluding carboxylic acids is 1. The Hall–Kier alpha value is -3.64. The van der Waals surface area contributed by atoms with Crippen molar-refractivity contribution >= 4 is 17.1 Å². The van der Waals surface area contributed by atoms with Crippen LogP contribution in [0.2, 0.25) is 0 Å². The topological polar surface area (TPSA) is 108 Å². The van der Waals surface area contributed by atoms with Crippen molar-refractivity contribution in [3.8, 4) is 23.2 Å². The number of carbonyl (C=O) groups is 1. The minimum Gasteiger partial charge on any atom is -0.473 e. The molecule has 3 aromatic rings. The van der Waals surface area contributed by atoms with Crippen LogP contribution in [-0.4, -0.2) is 59.3 Å². The molecule has 5 rings (SSSR count). The fourth-order valence-corrected chi connectivity index (χ4v) is 4.28. The summed E-state index contributed by atoms with van der Waals surface area (Å²) in [6.07, 6.45) is 3.52. The summed E-state index contributed by atoms with van der Waals surface area (Å²) >= 11 is 0. The smallest absolute Gasteiger partial charge is 0.242 e. The molecule has 2 aromatic heterocycles. The van der Waals surface area contributed by atoms with E-state index in [0.29, 0.717) is 35.6 Å². The number of rotatable bonds is 5. The van der Waals surface area contributed by atoms with Gasteiger partial charge in [0.1, 0.15) is 23.3 Å². The predicted octanol–water partition coefficient (Wildman–Crippen LogP) is 1.58.